The highest BCUT2D eigenvalue weighted by atomic mass is 35.7. The van der Waals surface area contributed by atoms with Crippen molar-refractivity contribution in [1.82, 2.24) is 0 Å². The van der Waals surface area contributed by atoms with Crippen molar-refractivity contribution in [2.75, 3.05) is 6.61 Å². The Balaban J connectivity index is 2.39. The van der Waals surface area contributed by atoms with Crippen molar-refractivity contribution in [3.8, 4) is 0 Å². The Bertz CT molecular complexity index is 450. The molecule has 1 rings (SSSR count). The Morgan fingerprint density at radius 2 is 2.06 bits per heavy atom. The van der Waals surface area contributed by atoms with Gasteiger partial charge < -0.3 is 4.74 Å². The summed E-state index contributed by atoms with van der Waals surface area (Å²) in [7, 11) is 0. The average Bonchev–Trinajstić information content (AvgIpc) is 2.36. The first kappa shape index (κ1) is 14.9. The number of amides is 1. The molecule has 0 spiro atoms. The summed E-state index contributed by atoms with van der Waals surface area (Å²) in [6, 6.07) is 9.98. The van der Waals surface area contributed by atoms with Crippen LogP contribution in [0.4, 0.5) is 4.79 Å². The fraction of sp³-hybridized carbons (Fsp3) is 0.300. The summed E-state index contributed by atoms with van der Waals surface area (Å²) in [5, 5.41) is 3.71. The lowest BCUT2D eigenvalue weighted by Crippen LogP contribution is -2.36. The molecule has 5 nitrogen and oxygen atoms in total. The molecule has 0 heterocycles. The number of hydrogen-bond acceptors (Lipinski definition) is 2. The van der Waals surface area contributed by atoms with Crippen LogP contribution in [-0.4, -0.2) is 19.4 Å². The first-order valence-corrected chi connectivity index (χ1v) is 9.44. The molecule has 8 heteroatoms. The summed E-state index contributed by atoms with van der Waals surface area (Å²) in [6.45, 7) is -2.38. The van der Waals surface area contributed by atoms with Crippen molar-refractivity contribution in [2.24, 2.45) is 5.11 Å². The van der Waals surface area contributed by atoms with Crippen LogP contribution >= 0.6 is 22.2 Å². The highest BCUT2D eigenvalue weighted by Crippen LogP contribution is 2.22. The summed E-state index contributed by atoms with van der Waals surface area (Å²) < 4.78 is 4.66. The third-order valence-electron chi connectivity index (χ3n) is 2.18. The van der Waals surface area contributed by atoms with E-state index in [1.165, 1.54) is 0 Å². The summed E-state index contributed by atoms with van der Waals surface area (Å²) in [5.74, 6) is 0. The van der Waals surface area contributed by atoms with Crippen LogP contribution in [0.25, 0.3) is 10.4 Å². The Morgan fingerprint density at radius 1 is 1.39 bits per heavy atom. The van der Waals surface area contributed by atoms with E-state index in [4.69, 9.17) is 27.7 Å². The molecule has 1 aromatic carbocycles. The predicted octanol–water partition coefficient (Wildman–Crippen LogP) is 3.65. The molecule has 0 bridgehead atoms. The normalized spacial score (nSPS) is 10.6. The van der Waals surface area contributed by atoms with Gasteiger partial charge in [-0.3, -0.25) is 0 Å². The maximum absolute atomic E-state index is 10.7. The average molecular weight is 304 g/mol. The smallest absolute Gasteiger partial charge is 0.396 e. The van der Waals surface area contributed by atoms with E-state index in [0.29, 0.717) is 12.5 Å². The quantitative estimate of drug-likeness (QED) is 0.208. The third-order valence-corrected chi connectivity index (χ3v) is 6.79. The van der Waals surface area contributed by atoms with Crippen molar-refractivity contribution in [3.05, 3.63) is 40.8 Å². The van der Waals surface area contributed by atoms with E-state index in [1.54, 1.807) is 0 Å². The molecule has 0 atom stereocenters. The van der Waals surface area contributed by atoms with Crippen molar-refractivity contribution < 1.29 is 9.53 Å². The minimum atomic E-state index is -2.52. The molecule has 96 valence electrons. The number of ether oxygens (including phenoxy) is 1. The zero-order chi connectivity index (χ0) is 13.4. The van der Waals surface area contributed by atoms with Crippen LogP contribution in [-0.2, 0) is 4.74 Å². The summed E-state index contributed by atoms with van der Waals surface area (Å²) in [6.07, 6.45) is -0.408. The monoisotopic (exact) mass is 303 g/mol. The minimum absolute atomic E-state index is 0.138. The molecule has 0 aromatic heterocycles. The van der Waals surface area contributed by atoms with E-state index in [-0.39, 0.29) is 6.61 Å². The van der Waals surface area contributed by atoms with Gasteiger partial charge in [-0.25, -0.2) is 4.79 Å². The van der Waals surface area contributed by atoms with Crippen molar-refractivity contribution >= 4 is 40.1 Å². The SMILES string of the molecule is [N-]=[N+]=NC(=O)OCCC[Si](Cl)(Cl)c1ccccc1. The molecule has 0 fully saturated rings. The lowest BCUT2D eigenvalue weighted by Gasteiger charge is -2.16. The molecule has 0 aliphatic rings. The van der Waals surface area contributed by atoms with Gasteiger partial charge in [0.1, 0.15) is 0 Å². The van der Waals surface area contributed by atoms with E-state index in [2.05, 4.69) is 14.8 Å². The van der Waals surface area contributed by atoms with E-state index < -0.39 is 12.8 Å². The van der Waals surface area contributed by atoms with Gasteiger partial charge in [-0.05, 0) is 23.2 Å². The van der Waals surface area contributed by atoms with Crippen LogP contribution < -0.4 is 5.19 Å². The molecule has 0 aliphatic heterocycles. The molecular formula is C10H11Cl2N3O2Si. The predicted molar refractivity (Wildman–Crippen MR) is 73.5 cm³/mol. The second-order valence-corrected chi connectivity index (χ2v) is 10.4. The first-order valence-electron chi connectivity index (χ1n) is 5.21. The maximum atomic E-state index is 10.7. The number of azide groups is 1. The van der Waals surface area contributed by atoms with Gasteiger partial charge in [0.05, 0.1) is 6.61 Å². The number of hydrogen-bond donors (Lipinski definition) is 0. The van der Waals surface area contributed by atoms with Crippen LogP contribution in [0.2, 0.25) is 6.04 Å². The molecular weight excluding hydrogens is 293 g/mol. The van der Waals surface area contributed by atoms with Crippen molar-refractivity contribution in [2.45, 2.75) is 12.5 Å². The molecule has 0 unspecified atom stereocenters. The Kier molecular flexibility index (Phi) is 6.01. The Labute approximate surface area is 115 Å². The molecule has 0 radical (unpaired) electrons. The van der Waals surface area contributed by atoms with Crippen LogP contribution in [0, 0.1) is 0 Å². The topological polar surface area (TPSA) is 75.1 Å². The van der Waals surface area contributed by atoms with Gasteiger partial charge in [-0.15, -0.1) is 22.2 Å². The van der Waals surface area contributed by atoms with E-state index in [9.17, 15) is 4.79 Å². The summed E-state index contributed by atoms with van der Waals surface area (Å²) in [5.41, 5.74) is 7.99. The first-order chi connectivity index (χ1) is 8.56. The van der Waals surface area contributed by atoms with Gasteiger partial charge in [-0.1, -0.05) is 30.3 Å². The number of carbonyl (C=O) groups excluding carboxylic acids is 1. The van der Waals surface area contributed by atoms with Crippen LogP contribution in [0.5, 0.6) is 0 Å². The van der Waals surface area contributed by atoms with Crippen LogP contribution in [0.3, 0.4) is 0 Å². The maximum Gasteiger partial charge on any atom is 0.396 e. The molecule has 1 amide bonds. The molecule has 18 heavy (non-hydrogen) atoms. The molecule has 0 N–H and O–H groups in total. The van der Waals surface area contributed by atoms with Crippen molar-refractivity contribution in [3.63, 3.8) is 0 Å². The lowest BCUT2D eigenvalue weighted by atomic mass is 10.4. The number of nitrogens with zero attached hydrogens (tertiary/aromatic N) is 3. The number of benzene rings is 1. The molecule has 0 saturated carbocycles. The van der Waals surface area contributed by atoms with Crippen LogP contribution in [0.15, 0.2) is 35.4 Å². The zero-order valence-corrected chi connectivity index (χ0v) is 11.9. The Morgan fingerprint density at radius 3 is 2.67 bits per heavy atom. The van der Waals surface area contributed by atoms with Crippen LogP contribution in [0.1, 0.15) is 6.42 Å². The van der Waals surface area contributed by atoms with Gasteiger partial charge in [0.15, 0.2) is 0 Å². The molecule has 0 aliphatic carbocycles. The van der Waals surface area contributed by atoms with E-state index in [1.807, 2.05) is 30.3 Å². The van der Waals surface area contributed by atoms with Gasteiger partial charge in [0.25, 0.3) is 6.69 Å². The second-order valence-electron chi connectivity index (χ2n) is 3.48. The minimum Gasteiger partial charge on any atom is -0.461 e. The fourth-order valence-corrected chi connectivity index (χ4v) is 4.46. The van der Waals surface area contributed by atoms with Gasteiger partial charge in [0.2, 0.25) is 0 Å². The summed E-state index contributed by atoms with van der Waals surface area (Å²) in [4.78, 5) is 13.1. The Hall–Kier alpha value is -1.20. The van der Waals surface area contributed by atoms with Gasteiger partial charge in [-0.2, -0.15) is 0 Å². The zero-order valence-electron chi connectivity index (χ0n) is 9.42. The summed E-state index contributed by atoms with van der Waals surface area (Å²) >= 11 is 12.6. The van der Waals surface area contributed by atoms with Gasteiger partial charge in [0, 0.05) is 10.0 Å². The number of halogens is 2. The third kappa shape index (κ3) is 4.97. The highest BCUT2D eigenvalue weighted by Gasteiger charge is 2.30. The fourth-order valence-electron chi connectivity index (χ4n) is 1.35. The standard InChI is InChI=1S/C10H11Cl2N3O2Si/c11-18(12,9-5-2-1-3-6-9)8-4-7-17-10(16)14-15-13/h1-3,5-6H,4,7-8H2. The highest BCUT2D eigenvalue weighted by molar-refractivity contribution is 7.50. The van der Waals surface area contributed by atoms with Gasteiger partial charge >= 0.3 is 6.09 Å². The molecule has 1 aromatic rings. The van der Waals surface area contributed by atoms with E-state index >= 15 is 0 Å². The number of rotatable bonds is 5. The lowest BCUT2D eigenvalue weighted by molar-refractivity contribution is 0.157. The largest absolute Gasteiger partial charge is 0.461 e. The molecule has 0 saturated heterocycles. The van der Waals surface area contributed by atoms with Crippen molar-refractivity contribution in [1.29, 1.82) is 0 Å². The van der Waals surface area contributed by atoms with E-state index in [0.717, 1.165) is 5.19 Å². The number of carbonyl (C=O) groups is 1. The second kappa shape index (κ2) is 7.28.